The van der Waals surface area contributed by atoms with Gasteiger partial charge in [-0.1, -0.05) is 36.4 Å². The van der Waals surface area contributed by atoms with Crippen LogP contribution in [0.2, 0.25) is 0 Å². The minimum Gasteiger partial charge on any atom is -0.269 e. The van der Waals surface area contributed by atoms with Crippen molar-refractivity contribution in [1.82, 2.24) is 9.38 Å². The van der Waals surface area contributed by atoms with E-state index in [1.807, 2.05) is 37.3 Å². The van der Waals surface area contributed by atoms with Gasteiger partial charge in [-0.05, 0) is 42.0 Å². The minimum absolute atomic E-state index is 0.0211. The minimum atomic E-state index is -0.0211. The second-order valence-corrected chi connectivity index (χ2v) is 6.79. The number of benzene rings is 2. The van der Waals surface area contributed by atoms with E-state index in [9.17, 15) is 4.79 Å². The number of nitrogens with zero attached hydrogens (tertiary/aromatic N) is 2. The van der Waals surface area contributed by atoms with E-state index in [4.69, 9.17) is 0 Å². The van der Waals surface area contributed by atoms with Gasteiger partial charge in [0.2, 0.25) is 0 Å². The summed E-state index contributed by atoms with van der Waals surface area (Å²) in [5.41, 5.74) is 2.39. The molecule has 0 aliphatic heterocycles. The first-order valence-corrected chi connectivity index (χ1v) is 8.79. The lowest BCUT2D eigenvalue weighted by atomic mass is 10.1. The first kappa shape index (κ1) is 15.0. The number of hydrogen-bond acceptors (Lipinski definition) is 3. The van der Waals surface area contributed by atoms with Crippen LogP contribution >= 0.6 is 11.8 Å². The largest absolute Gasteiger partial charge is 0.269 e. The Morgan fingerprint density at radius 2 is 1.79 bits per heavy atom. The van der Waals surface area contributed by atoms with Gasteiger partial charge in [0.05, 0.1) is 5.69 Å². The van der Waals surface area contributed by atoms with Crippen molar-refractivity contribution in [3.8, 4) is 0 Å². The lowest BCUT2D eigenvalue weighted by Crippen LogP contribution is -2.17. The maximum absolute atomic E-state index is 12.3. The molecule has 0 unspecified atom stereocenters. The standard InChI is InChI=1S/C20H16N2OS/c1-14-5-4-8-19-21-17(12-20(23)22(14)19)13-24-18-10-9-15-6-2-3-7-16(15)11-18/h2-12H,13H2,1H3. The molecule has 0 atom stereocenters. The van der Waals surface area contributed by atoms with Crippen LogP contribution in [0.1, 0.15) is 11.4 Å². The zero-order chi connectivity index (χ0) is 16.5. The molecule has 4 heteroatoms. The Balaban J connectivity index is 1.63. The smallest absolute Gasteiger partial charge is 0.258 e. The second-order valence-electron chi connectivity index (χ2n) is 5.74. The lowest BCUT2D eigenvalue weighted by molar-refractivity contribution is 0.968. The number of aryl methyl sites for hydroxylation is 1. The van der Waals surface area contributed by atoms with Crippen LogP contribution in [0.3, 0.4) is 0 Å². The molecule has 0 spiro atoms. The predicted octanol–water partition coefficient (Wildman–Crippen LogP) is 4.45. The fraction of sp³-hybridized carbons (Fsp3) is 0.100. The molecule has 2 heterocycles. The van der Waals surface area contributed by atoms with Gasteiger partial charge < -0.3 is 0 Å². The Hall–Kier alpha value is -2.59. The zero-order valence-corrected chi connectivity index (χ0v) is 14.1. The highest BCUT2D eigenvalue weighted by Crippen LogP contribution is 2.25. The SMILES string of the molecule is Cc1cccc2nc(CSc3ccc4ccccc4c3)cc(=O)n12. The maximum Gasteiger partial charge on any atom is 0.258 e. The van der Waals surface area contributed by atoms with E-state index < -0.39 is 0 Å². The van der Waals surface area contributed by atoms with Crippen molar-refractivity contribution in [3.63, 3.8) is 0 Å². The lowest BCUT2D eigenvalue weighted by Gasteiger charge is -2.07. The Labute approximate surface area is 144 Å². The topological polar surface area (TPSA) is 34.4 Å². The molecule has 0 saturated heterocycles. The third kappa shape index (κ3) is 2.81. The van der Waals surface area contributed by atoms with Gasteiger partial charge >= 0.3 is 0 Å². The molecular formula is C20H16N2OS. The van der Waals surface area contributed by atoms with Crippen LogP contribution in [0.15, 0.2) is 76.4 Å². The van der Waals surface area contributed by atoms with E-state index >= 15 is 0 Å². The monoisotopic (exact) mass is 332 g/mol. The van der Waals surface area contributed by atoms with E-state index in [0.29, 0.717) is 11.4 Å². The van der Waals surface area contributed by atoms with Crippen molar-refractivity contribution in [2.24, 2.45) is 0 Å². The first-order chi connectivity index (χ1) is 11.7. The molecule has 0 aliphatic rings. The number of rotatable bonds is 3. The highest BCUT2D eigenvalue weighted by Gasteiger charge is 2.05. The average Bonchev–Trinajstić information content (AvgIpc) is 2.59. The van der Waals surface area contributed by atoms with Gasteiger partial charge in [-0.2, -0.15) is 0 Å². The van der Waals surface area contributed by atoms with E-state index in [0.717, 1.165) is 11.4 Å². The van der Waals surface area contributed by atoms with E-state index in [2.05, 4.69) is 35.3 Å². The summed E-state index contributed by atoms with van der Waals surface area (Å²) in [7, 11) is 0. The van der Waals surface area contributed by atoms with Crippen molar-refractivity contribution >= 4 is 28.2 Å². The quantitative estimate of drug-likeness (QED) is 0.520. The summed E-state index contributed by atoms with van der Waals surface area (Å²) in [6.07, 6.45) is 0. The fourth-order valence-corrected chi connectivity index (χ4v) is 3.69. The summed E-state index contributed by atoms with van der Waals surface area (Å²) in [4.78, 5) is 18.1. The molecule has 0 bridgehead atoms. The third-order valence-corrected chi connectivity index (χ3v) is 5.07. The molecule has 0 fully saturated rings. The van der Waals surface area contributed by atoms with E-state index in [-0.39, 0.29) is 5.56 Å². The Kier molecular flexibility index (Phi) is 3.82. The molecule has 24 heavy (non-hydrogen) atoms. The number of pyridine rings is 1. The van der Waals surface area contributed by atoms with Crippen molar-refractivity contribution in [1.29, 1.82) is 0 Å². The summed E-state index contributed by atoms with van der Waals surface area (Å²) in [5, 5.41) is 2.46. The van der Waals surface area contributed by atoms with Crippen molar-refractivity contribution < 1.29 is 0 Å². The van der Waals surface area contributed by atoms with Crippen LogP contribution in [0, 0.1) is 6.92 Å². The van der Waals surface area contributed by atoms with Gasteiger partial charge in [0.15, 0.2) is 0 Å². The summed E-state index contributed by atoms with van der Waals surface area (Å²) in [5.74, 6) is 0.679. The number of fused-ring (bicyclic) bond motifs is 2. The second kappa shape index (κ2) is 6.13. The molecule has 4 aromatic rings. The van der Waals surface area contributed by atoms with Crippen molar-refractivity contribution in [2.75, 3.05) is 0 Å². The van der Waals surface area contributed by atoms with Crippen LogP contribution < -0.4 is 5.56 Å². The molecule has 118 valence electrons. The van der Waals surface area contributed by atoms with Gasteiger partial charge in [-0.3, -0.25) is 9.20 Å². The van der Waals surface area contributed by atoms with E-state index in [1.165, 1.54) is 15.7 Å². The van der Waals surface area contributed by atoms with E-state index in [1.54, 1.807) is 22.2 Å². The molecule has 0 radical (unpaired) electrons. The number of hydrogen-bond donors (Lipinski definition) is 0. The van der Waals surface area contributed by atoms with Gasteiger partial charge in [-0.15, -0.1) is 11.8 Å². The predicted molar refractivity (Wildman–Crippen MR) is 99.7 cm³/mol. The highest BCUT2D eigenvalue weighted by molar-refractivity contribution is 7.98. The van der Waals surface area contributed by atoms with Crippen molar-refractivity contribution in [2.45, 2.75) is 17.6 Å². The summed E-state index contributed by atoms with van der Waals surface area (Å²) in [6.45, 7) is 1.92. The van der Waals surface area contributed by atoms with Gasteiger partial charge in [0.1, 0.15) is 5.65 Å². The van der Waals surface area contributed by atoms with Crippen LogP contribution in [0.25, 0.3) is 16.4 Å². The van der Waals surface area contributed by atoms with Crippen LogP contribution in [0.5, 0.6) is 0 Å². The van der Waals surface area contributed by atoms with Crippen LogP contribution in [-0.2, 0) is 5.75 Å². The Bertz CT molecular complexity index is 1100. The fourth-order valence-electron chi connectivity index (χ4n) is 2.85. The molecule has 3 nitrogen and oxygen atoms in total. The van der Waals surface area contributed by atoms with Crippen molar-refractivity contribution in [3.05, 3.63) is 88.5 Å². The summed E-state index contributed by atoms with van der Waals surface area (Å²) in [6, 6.07) is 22.1. The average molecular weight is 332 g/mol. The molecular weight excluding hydrogens is 316 g/mol. The Morgan fingerprint density at radius 3 is 2.67 bits per heavy atom. The zero-order valence-electron chi connectivity index (χ0n) is 13.3. The third-order valence-electron chi connectivity index (χ3n) is 4.04. The van der Waals surface area contributed by atoms with Crippen LogP contribution in [0.4, 0.5) is 0 Å². The number of aromatic nitrogens is 2. The molecule has 2 aromatic heterocycles. The molecule has 0 saturated carbocycles. The normalized spacial score (nSPS) is 11.2. The molecule has 0 amide bonds. The summed E-state index contributed by atoms with van der Waals surface area (Å²) < 4.78 is 1.64. The first-order valence-electron chi connectivity index (χ1n) is 7.81. The van der Waals surface area contributed by atoms with Crippen LogP contribution in [-0.4, -0.2) is 9.38 Å². The number of thioether (sulfide) groups is 1. The molecule has 0 aliphatic carbocycles. The Morgan fingerprint density at radius 1 is 0.958 bits per heavy atom. The van der Waals surface area contributed by atoms with Gasteiger partial charge in [-0.25, -0.2) is 4.98 Å². The molecule has 2 aromatic carbocycles. The summed E-state index contributed by atoms with van der Waals surface area (Å²) >= 11 is 1.70. The van der Waals surface area contributed by atoms with Gasteiger partial charge in [0.25, 0.3) is 5.56 Å². The highest BCUT2D eigenvalue weighted by atomic mass is 32.2. The maximum atomic E-state index is 12.3. The molecule has 0 N–H and O–H groups in total. The molecule has 4 rings (SSSR count). The van der Waals surface area contributed by atoms with Gasteiger partial charge in [0, 0.05) is 22.4 Å².